The molecule has 4 heteroatoms. The van der Waals surface area contributed by atoms with Crippen LogP contribution >= 0.6 is 0 Å². The number of hydrogen-bond donors (Lipinski definition) is 0. The van der Waals surface area contributed by atoms with E-state index in [0.29, 0.717) is 38.0 Å². The van der Waals surface area contributed by atoms with E-state index in [1.807, 2.05) is 6.08 Å². The molecule has 1 saturated heterocycles. The summed E-state index contributed by atoms with van der Waals surface area (Å²) in [7, 11) is 0. The van der Waals surface area contributed by atoms with E-state index >= 15 is 0 Å². The lowest BCUT2D eigenvalue weighted by Gasteiger charge is -2.30. The van der Waals surface area contributed by atoms with E-state index in [0.717, 1.165) is 11.6 Å². The van der Waals surface area contributed by atoms with Crippen LogP contribution in [-0.2, 0) is 9.47 Å². The van der Waals surface area contributed by atoms with Crippen LogP contribution in [0.3, 0.4) is 0 Å². The van der Waals surface area contributed by atoms with E-state index < -0.39 is 17.4 Å². The van der Waals surface area contributed by atoms with Crippen molar-refractivity contribution in [3.63, 3.8) is 0 Å². The molecule has 0 aromatic heterocycles. The summed E-state index contributed by atoms with van der Waals surface area (Å²) >= 11 is 0. The summed E-state index contributed by atoms with van der Waals surface area (Å²) in [5.41, 5.74) is 1.18. The third-order valence-corrected chi connectivity index (χ3v) is 3.55. The Bertz CT molecular complexity index is 491. The summed E-state index contributed by atoms with van der Waals surface area (Å²) in [4.78, 5) is 0. The molecule has 0 amide bonds. The normalized spacial score (nSPS) is 22.2. The second-order valence-corrected chi connectivity index (χ2v) is 4.64. The van der Waals surface area contributed by atoms with Gasteiger partial charge in [-0.15, -0.1) is 0 Å². The fraction of sp³-hybridized carbons (Fsp3) is 0.429. The zero-order chi connectivity index (χ0) is 12.6. The number of rotatable bonds is 1. The van der Waals surface area contributed by atoms with E-state index in [1.165, 1.54) is 6.07 Å². The highest BCUT2D eigenvalue weighted by Gasteiger charge is 2.38. The van der Waals surface area contributed by atoms with Crippen LogP contribution in [0.15, 0.2) is 24.3 Å². The van der Waals surface area contributed by atoms with Crippen molar-refractivity contribution in [3.8, 4) is 0 Å². The fourth-order valence-electron chi connectivity index (χ4n) is 2.56. The topological polar surface area (TPSA) is 18.5 Å². The lowest BCUT2D eigenvalue weighted by atomic mass is 9.89. The number of allylic oxidation sites excluding steroid dienone is 1. The molecule has 3 rings (SSSR count). The molecule has 1 fully saturated rings. The minimum Gasteiger partial charge on any atom is -0.347 e. The van der Waals surface area contributed by atoms with Crippen LogP contribution in [-0.4, -0.2) is 19.0 Å². The van der Waals surface area contributed by atoms with E-state index in [9.17, 15) is 8.78 Å². The summed E-state index contributed by atoms with van der Waals surface area (Å²) in [6.07, 6.45) is 3.82. The molecule has 0 N–H and O–H groups in total. The van der Waals surface area contributed by atoms with Crippen molar-refractivity contribution < 1.29 is 18.3 Å². The summed E-state index contributed by atoms with van der Waals surface area (Å²) in [6, 6.07) is 4.27. The van der Waals surface area contributed by atoms with Crippen molar-refractivity contribution in [2.45, 2.75) is 25.0 Å². The van der Waals surface area contributed by atoms with Gasteiger partial charge in [-0.05, 0) is 18.1 Å². The Labute approximate surface area is 104 Å². The van der Waals surface area contributed by atoms with Gasteiger partial charge in [0.25, 0.3) is 0 Å². The largest absolute Gasteiger partial charge is 0.347 e. The minimum absolute atomic E-state index is 0.350. The van der Waals surface area contributed by atoms with Crippen molar-refractivity contribution in [2.24, 2.45) is 0 Å². The van der Waals surface area contributed by atoms with E-state index in [2.05, 4.69) is 0 Å². The minimum atomic E-state index is -0.804. The molecule has 2 nitrogen and oxygen atoms in total. The molecule has 1 aromatic carbocycles. The van der Waals surface area contributed by atoms with Crippen LogP contribution in [0.5, 0.6) is 0 Å². The Morgan fingerprint density at radius 1 is 1.11 bits per heavy atom. The third-order valence-electron chi connectivity index (χ3n) is 3.55. The second kappa shape index (κ2) is 4.44. The van der Waals surface area contributed by atoms with Gasteiger partial charge in [-0.1, -0.05) is 18.2 Å². The first-order valence-electron chi connectivity index (χ1n) is 6.12. The molecule has 0 unspecified atom stereocenters. The van der Waals surface area contributed by atoms with Gasteiger partial charge >= 0.3 is 0 Å². The number of benzene rings is 1. The Hall–Kier alpha value is -1.26. The van der Waals surface area contributed by atoms with Crippen LogP contribution < -0.4 is 0 Å². The van der Waals surface area contributed by atoms with Gasteiger partial charge in [0, 0.05) is 18.4 Å². The highest BCUT2D eigenvalue weighted by atomic mass is 19.2. The molecule has 96 valence electrons. The predicted molar refractivity (Wildman–Crippen MR) is 62.8 cm³/mol. The van der Waals surface area contributed by atoms with Crippen LogP contribution in [0.4, 0.5) is 8.78 Å². The van der Waals surface area contributed by atoms with Gasteiger partial charge in [0.2, 0.25) is 0 Å². The molecule has 1 heterocycles. The summed E-state index contributed by atoms with van der Waals surface area (Å²) in [5.74, 6) is -2.09. The molecular formula is C14H14F2O2. The average Bonchev–Trinajstić information content (AvgIpc) is 2.83. The zero-order valence-electron chi connectivity index (χ0n) is 9.92. The second-order valence-electron chi connectivity index (χ2n) is 4.64. The Balaban J connectivity index is 1.86. The maximum atomic E-state index is 13.7. The molecule has 0 atom stereocenters. The van der Waals surface area contributed by atoms with Crippen molar-refractivity contribution in [1.82, 2.24) is 0 Å². The lowest BCUT2D eigenvalue weighted by Crippen LogP contribution is -2.31. The maximum absolute atomic E-state index is 13.7. The first-order valence-corrected chi connectivity index (χ1v) is 6.12. The smallest absolute Gasteiger partial charge is 0.172 e. The average molecular weight is 252 g/mol. The van der Waals surface area contributed by atoms with Gasteiger partial charge in [0.15, 0.2) is 17.4 Å². The van der Waals surface area contributed by atoms with Crippen molar-refractivity contribution in [3.05, 3.63) is 41.5 Å². The van der Waals surface area contributed by atoms with E-state index in [-0.39, 0.29) is 0 Å². The first-order chi connectivity index (χ1) is 8.70. The van der Waals surface area contributed by atoms with Crippen molar-refractivity contribution >= 4 is 5.57 Å². The third kappa shape index (κ3) is 1.95. The van der Waals surface area contributed by atoms with Gasteiger partial charge in [-0.3, -0.25) is 0 Å². The number of ether oxygens (including phenoxy) is 2. The SMILES string of the molecule is Fc1cccc(C2=CCC3(CC2)OCCO3)c1F. The van der Waals surface area contributed by atoms with Gasteiger partial charge in [0.05, 0.1) is 13.2 Å². The summed E-state index contributed by atoms with van der Waals surface area (Å²) < 4.78 is 38.0. The molecule has 18 heavy (non-hydrogen) atoms. The molecule has 1 aliphatic heterocycles. The van der Waals surface area contributed by atoms with Gasteiger partial charge in [-0.25, -0.2) is 8.78 Å². The highest BCUT2D eigenvalue weighted by Crippen LogP contribution is 2.38. The van der Waals surface area contributed by atoms with E-state index in [4.69, 9.17) is 9.47 Å². The molecule has 0 radical (unpaired) electrons. The summed E-state index contributed by atoms with van der Waals surface area (Å²) in [5, 5.41) is 0. The molecule has 1 aliphatic carbocycles. The van der Waals surface area contributed by atoms with Crippen molar-refractivity contribution in [1.29, 1.82) is 0 Å². The molecule has 2 aliphatic rings. The molecular weight excluding hydrogens is 238 g/mol. The number of hydrogen-bond acceptors (Lipinski definition) is 2. The molecule has 1 spiro atoms. The van der Waals surface area contributed by atoms with Gasteiger partial charge in [0.1, 0.15) is 0 Å². The highest BCUT2D eigenvalue weighted by molar-refractivity contribution is 5.67. The first kappa shape index (κ1) is 11.8. The molecule has 1 aromatic rings. The standard InChI is InChI=1S/C14H14F2O2/c15-12-3-1-2-11(13(12)16)10-4-6-14(7-5-10)17-8-9-18-14/h1-4H,5-9H2. The maximum Gasteiger partial charge on any atom is 0.172 e. The van der Waals surface area contributed by atoms with Crippen LogP contribution in [0, 0.1) is 11.6 Å². The number of halogens is 2. The Morgan fingerprint density at radius 3 is 2.56 bits per heavy atom. The lowest BCUT2D eigenvalue weighted by molar-refractivity contribution is -0.159. The van der Waals surface area contributed by atoms with Gasteiger partial charge < -0.3 is 9.47 Å². The predicted octanol–water partition coefficient (Wildman–Crippen LogP) is 3.28. The van der Waals surface area contributed by atoms with E-state index in [1.54, 1.807) is 6.07 Å². The molecule has 0 bridgehead atoms. The van der Waals surface area contributed by atoms with Gasteiger partial charge in [-0.2, -0.15) is 0 Å². The zero-order valence-corrected chi connectivity index (χ0v) is 9.92. The van der Waals surface area contributed by atoms with Crippen LogP contribution in [0.1, 0.15) is 24.8 Å². The molecule has 0 saturated carbocycles. The van der Waals surface area contributed by atoms with Crippen LogP contribution in [0.2, 0.25) is 0 Å². The quantitative estimate of drug-likeness (QED) is 0.763. The van der Waals surface area contributed by atoms with Crippen molar-refractivity contribution in [2.75, 3.05) is 13.2 Å². The Morgan fingerprint density at radius 2 is 1.89 bits per heavy atom. The fourth-order valence-corrected chi connectivity index (χ4v) is 2.56. The monoisotopic (exact) mass is 252 g/mol. The summed E-state index contributed by atoms with van der Waals surface area (Å²) in [6.45, 7) is 1.22. The van der Waals surface area contributed by atoms with Crippen LogP contribution in [0.25, 0.3) is 5.57 Å². The Kier molecular flexibility index (Phi) is 2.92.